The fourth-order valence-electron chi connectivity index (χ4n) is 2.70. The van der Waals surface area contributed by atoms with Gasteiger partial charge in [0.1, 0.15) is 0 Å². The van der Waals surface area contributed by atoms with Crippen molar-refractivity contribution in [3.63, 3.8) is 0 Å². The summed E-state index contributed by atoms with van der Waals surface area (Å²) in [6, 6.07) is 9.67. The predicted octanol–water partition coefficient (Wildman–Crippen LogP) is 4.22. The number of fused-ring (bicyclic) bond motifs is 1. The number of aromatic nitrogens is 4. The van der Waals surface area contributed by atoms with Crippen LogP contribution in [-0.4, -0.2) is 26.1 Å². The van der Waals surface area contributed by atoms with Gasteiger partial charge in [0.05, 0.1) is 22.5 Å². The summed E-state index contributed by atoms with van der Waals surface area (Å²) in [4.78, 5) is 19.5. The summed E-state index contributed by atoms with van der Waals surface area (Å²) in [7, 11) is 0. The Hall–Kier alpha value is -3.62. The SMILES string of the molecule is O=C(Nc1cccc(C(F)(F)F)c1)c1c[nH]c(-c2[nH]nc3ncccc23)c1. The van der Waals surface area contributed by atoms with Crippen LogP contribution in [0.3, 0.4) is 0 Å². The first kappa shape index (κ1) is 16.8. The number of benzene rings is 1. The van der Waals surface area contributed by atoms with Crippen LogP contribution in [0.4, 0.5) is 18.9 Å². The molecule has 0 atom stereocenters. The smallest absolute Gasteiger partial charge is 0.359 e. The van der Waals surface area contributed by atoms with Crippen molar-refractivity contribution in [1.29, 1.82) is 0 Å². The summed E-state index contributed by atoms with van der Waals surface area (Å²) in [5.41, 5.74) is 1.32. The number of aromatic amines is 2. The Balaban J connectivity index is 1.58. The lowest BCUT2D eigenvalue weighted by Crippen LogP contribution is -2.12. The summed E-state index contributed by atoms with van der Waals surface area (Å²) in [5, 5.41) is 10.2. The number of nitrogens with zero attached hydrogens (tertiary/aromatic N) is 2. The van der Waals surface area contributed by atoms with E-state index < -0.39 is 17.6 Å². The highest BCUT2D eigenvalue weighted by Crippen LogP contribution is 2.31. The third kappa shape index (κ3) is 3.26. The Morgan fingerprint density at radius 2 is 1.96 bits per heavy atom. The summed E-state index contributed by atoms with van der Waals surface area (Å²) in [6.07, 6.45) is -1.38. The van der Waals surface area contributed by atoms with E-state index in [1.807, 2.05) is 6.07 Å². The highest BCUT2D eigenvalue weighted by molar-refractivity contribution is 6.05. The first-order valence-corrected chi connectivity index (χ1v) is 7.88. The van der Waals surface area contributed by atoms with Crippen LogP contribution in [0.5, 0.6) is 0 Å². The second kappa shape index (κ2) is 6.27. The van der Waals surface area contributed by atoms with Gasteiger partial charge in [0, 0.05) is 23.5 Å². The third-order valence-corrected chi connectivity index (χ3v) is 3.99. The second-order valence-electron chi connectivity index (χ2n) is 5.81. The standard InChI is InChI=1S/C18H12F3N5O/c19-18(20,21)11-3-1-4-12(8-11)24-17(27)10-7-14(23-9-10)15-13-5-2-6-22-16(13)26-25-15/h1-9,23H,(H,24,27)(H,22,25,26). The molecular formula is C18H12F3N5O. The number of amides is 1. The van der Waals surface area contributed by atoms with Gasteiger partial charge in [-0.1, -0.05) is 6.07 Å². The summed E-state index contributed by atoms with van der Waals surface area (Å²) < 4.78 is 38.4. The minimum absolute atomic E-state index is 0.0637. The number of alkyl halides is 3. The van der Waals surface area contributed by atoms with E-state index in [2.05, 4.69) is 25.5 Å². The number of rotatable bonds is 3. The molecule has 6 nitrogen and oxygen atoms in total. The van der Waals surface area contributed by atoms with E-state index in [1.165, 1.54) is 18.3 Å². The number of hydrogen-bond donors (Lipinski definition) is 3. The van der Waals surface area contributed by atoms with Gasteiger partial charge in [-0.2, -0.15) is 18.3 Å². The van der Waals surface area contributed by atoms with E-state index in [9.17, 15) is 18.0 Å². The molecule has 0 saturated heterocycles. The molecule has 9 heteroatoms. The van der Waals surface area contributed by atoms with Gasteiger partial charge in [-0.05, 0) is 36.4 Å². The molecule has 136 valence electrons. The highest BCUT2D eigenvalue weighted by Gasteiger charge is 2.30. The molecule has 3 aromatic heterocycles. The van der Waals surface area contributed by atoms with Crippen LogP contribution in [0.25, 0.3) is 22.4 Å². The Morgan fingerprint density at radius 3 is 2.78 bits per heavy atom. The average Bonchev–Trinajstić information content (AvgIpc) is 3.28. The fourth-order valence-corrected chi connectivity index (χ4v) is 2.70. The Bertz CT molecular complexity index is 1130. The third-order valence-electron chi connectivity index (χ3n) is 3.99. The van der Waals surface area contributed by atoms with Gasteiger partial charge in [-0.25, -0.2) is 4.98 Å². The second-order valence-corrected chi connectivity index (χ2v) is 5.81. The van der Waals surface area contributed by atoms with Crippen LogP contribution >= 0.6 is 0 Å². The monoisotopic (exact) mass is 371 g/mol. The van der Waals surface area contributed by atoms with Crippen molar-refractivity contribution in [3.05, 3.63) is 66.0 Å². The van der Waals surface area contributed by atoms with Gasteiger partial charge in [-0.15, -0.1) is 0 Å². The Labute approximate surface area is 150 Å². The first-order valence-electron chi connectivity index (χ1n) is 7.88. The first-order chi connectivity index (χ1) is 12.9. The van der Waals surface area contributed by atoms with E-state index >= 15 is 0 Å². The fraction of sp³-hybridized carbons (Fsp3) is 0.0556. The number of nitrogens with one attached hydrogen (secondary N) is 3. The van der Waals surface area contributed by atoms with E-state index in [0.717, 1.165) is 17.5 Å². The molecule has 0 saturated carbocycles. The lowest BCUT2D eigenvalue weighted by atomic mass is 10.2. The maximum Gasteiger partial charge on any atom is 0.416 e. The van der Waals surface area contributed by atoms with Crippen molar-refractivity contribution in [2.45, 2.75) is 6.18 Å². The molecule has 0 aliphatic rings. The molecule has 0 aliphatic heterocycles. The average molecular weight is 371 g/mol. The zero-order valence-corrected chi connectivity index (χ0v) is 13.6. The lowest BCUT2D eigenvalue weighted by molar-refractivity contribution is -0.137. The maximum absolute atomic E-state index is 12.8. The molecule has 0 radical (unpaired) electrons. The van der Waals surface area contributed by atoms with Gasteiger partial charge in [0.25, 0.3) is 5.91 Å². The van der Waals surface area contributed by atoms with E-state index in [1.54, 1.807) is 18.3 Å². The zero-order valence-electron chi connectivity index (χ0n) is 13.6. The molecule has 3 N–H and O–H groups in total. The van der Waals surface area contributed by atoms with E-state index in [0.29, 0.717) is 17.0 Å². The molecule has 4 rings (SSSR count). The Morgan fingerprint density at radius 1 is 1.11 bits per heavy atom. The number of pyridine rings is 1. The van der Waals surface area contributed by atoms with Crippen LogP contribution < -0.4 is 5.32 Å². The van der Waals surface area contributed by atoms with Crippen molar-refractivity contribution in [3.8, 4) is 11.4 Å². The molecule has 0 fully saturated rings. The molecule has 1 amide bonds. The number of carbonyl (C=O) groups is 1. The molecule has 0 aliphatic carbocycles. The molecule has 0 bridgehead atoms. The van der Waals surface area contributed by atoms with E-state index in [4.69, 9.17) is 0 Å². The van der Waals surface area contributed by atoms with Crippen molar-refractivity contribution >= 4 is 22.6 Å². The molecule has 0 spiro atoms. The maximum atomic E-state index is 12.8. The molecule has 27 heavy (non-hydrogen) atoms. The number of hydrogen-bond acceptors (Lipinski definition) is 3. The molecule has 0 unspecified atom stereocenters. The van der Waals surface area contributed by atoms with Gasteiger partial charge in [0.15, 0.2) is 5.65 Å². The summed E-state index contributed by atoms with van der Waals surface area (Å²) >= 11 is 0. The van der Waals surface area contributed by atoms with Gasteiger partial charge >= 0.3 is 6.18 Å². The van der Waals surface area contributed by atoms with Crippen molar-refractivity contribution in [2.24, 2.45) is 0 Å². The molecular weight excluding hydrogens is 359 g/mol. The number of carbonyl (C=O) groups excluding carboxylic acids is 1. The van der Waals surface area contributed by atoms with Crippen molar-refractivity contribution in [1.82, 2.24) is 20.2 Å². The summed E-state index contributed by atoms with van der Waals surface area (Å²) in [6.45, 7) is 0. The van der Waals surface area contributed by atoms with Crippen LogP contribution in [0.1, 0.15) is 15.9 Å². The quantitative estimate of drug-likeness (QED) is 0.504. The predicted molar refractivity (Wildman–Crippen MR) is 93.1 cm³/mol. The molecule has 3 heterocycles. The van der Waals surface area contributed by atoms with Crippen molar-refractivity contribution < 1.29 is 18.0 Å². The number of anilines is 1. The minimum atomic E-state index is -4.47. The minimum Gasteiger partial charge on any atom is -0.359 e. The van der Waals surface area contributed by atoms with Crippen LogP contribution in [0.15, 0.2) is 54.9 Å². The van der Waals surface area contributed by atoms with Crippen LogP contribution in [0.2, 0.25) is 0 Å². The van der Waals surface area contributed by atoms with Gasteiger partial charge < -0.3 is 10.3 Å². The van der Waals surface area contributed by atoms with Gasteiger partial charge in [0.2, 0.25) is 0 Å². The van der Waals surface area contributed by atoms with Gasteiger partial charge in [-0.3, -0.25) is 9.89 Å². The number of halogens is 3. The van der Waals surface area contributed by atoms with Crippen molar-refractivity contribution in [2.75, 3.05) is 5.32 Å². The zero-order chi connectivity index (χ0) is 19.0. The van der Waals surface area contributed by atoms with Crippen LogP contribution in [-0.2, 0) is 6.18 Å². The summed E-state index contributed by atoms with van der Waals surface area (Å²) in [5.74, 6) is -0.529. The molecule has 1 aromatic carbocycles. The lowest BCUT2D eigenvalue weighted by Gasteiger charge is -2.09. The van der Waals surface area contributed by atoms with Crippen LogP contribution in [0, 0.1) is 0 Å². The molecule has 4 aromatic rings. The topological polar surface area (TPSA) is 86.5 Å². The normalized spacial score (nSPS) is 11.7. The number of H-pyrrole nitrogens is 2. The van der Waals surface area contributed by atoms with E-state index in [-0.39, 0.29) is 11.3 Å². The Kier molecular flexibility index (Phi) is 3.91. The largest absolute Gasteiger partial charge is 0.416 e. The highest BCUT2D eigenvalue weighted by atomic mass is 19.4.